The molecule has 1 aromatic carbocycles. The number of hydrogen-bond acceptors (Lipinski definition) is 9. The van der Waals surface area contributed by atoms with Crippen molar-refractivity contribution in [3.8, 4) is 17.0 Å². The van der Waals surface area contributed by atoms with Crippen molar-refractivity contribution in [3.05, 3.63) is 36.1 Å². The standard InChI is InChI=1S/C30H47N5O8/c1-28(2,3)40-24(36)23(43-31)19-39-21-14-12-20(13-15-21)22-18-35(17-11-16-32-26(37)41-29(4,5)6)25(34(22)10)33-27(38)42-30(7,8)9/h12-15,18,23H,11,16-17,19,31H2,1-10H3,(H,32,37)/t23-/m0/s1. The molecule has 3 N–H and O–H groups in total. The predicted molar refractivity (Wildman–Crippen MR) is 160 cm³/mol. The van der Waals surface area contributed by atoms with E-state index in [1.54, 1.807) is 86.1 Å². The van der Waals surface area contributed by atoms with Crippen LogP contribution in [0, 0.1) is 0 Å². The second-order valence-electron chi connectivity index (χ2n) is 12.9. The molecular formula is C30H47N5O8. The van der Waals surface area contributed by atoms with Gasteiger partial charge in [-0.1, -0.05) is 0 Å². The Balaban J connectivity index is 2.24. The average molecular weight is 606 g/mol. The van der Waals surface area contributed by atoms with Crippen LogP contribution in [-0.2, 0) is 37.4 Å². The highest BCUT2D eigenvalue weighted by molar-refractivity contribution is 5.75. The van der Waals surface area contributed by atoms with Crippen LogP contribution in [0.2, 0.25) is 0 Å². The average Bonchev–Trinajstić information content (AvgIpc) is 3.14. The molecule has 43 heavy (non-hydrogen) atoms. The fraction of sp³-hybridized carbons (Fsp3) is 0.600. The van der Waals surface area contributed by atoms with Crippen LogP contribution in [0.25, 0.3) is 11.3 Å². The molecule has 2 aromatic rings. The molecule has 13 heteroatoms. The normalized spacial score (nSPS) is 13.3. The molecule has 1 atom stereocenters. The van der Waals surface area contributed by atoms with E-state index in [9.17, 15) is 14.4 Å². The van der Waals surface area contributed by atoms with Gasteiger partial charge < -0.3 is 33.4 Å². The molecule has 0 aliphatic carbocycles. The van der Waals surface area contributed by atoms with E-state index < -0.39 is 41.1 Å². The first-order chi connectivity index (χ1) is 19.8. The lowest BCUT2D eigenvalue weighted by Gasteiger charge is -2.22. The first-order valence-corrected chi connectivity index (χ1v) is 14.1. The molecule has 240 valence electrons. The Labute approximate surface area is 253 Å². The zero-order valence-electron chi connectivity index (χ0n) is 27.0. The Morgan fingerprint density at radius 3 is 2.02 bits per heavy atom. The molecule has 2 amide bonds. The number of esters is 1. The van der Waals surface area contributed by atoms with Crippen molar-refractivity contribution >= 4 is 18.2 Å². The van der Waals surface area contributed by atoms with Gasteiger partial charge in [0.1, 0.15) is 29.2 Å². The van der Waals surface area contributed by atoms with E-state index in [0.717, 1.165) is 11.3 Å². The molecule has 13 nitrogen and oxygen atoms in total. The number of aromatic nitrogens is 2. The molecule has 1 heterocycles. The number of nitrogens with zero attached hydrogens (tertiary/aromatic N) is 3. The largest absolute Gasteiger partial charge is 0.490 e. The van der Waals surface area contributed by atoms with Crippen LogP contribution in [0.1, 0.15) is 68.7 Å². The molecule has 0 saturated carbocycles. The highest BCUT2D eigenvalue weighted by Gasteiger charge is 2.26. The Hall–Kier alpha value is -3.84. The summed E-state index contributed by atoms with van der Waals surface area (Å²) in [6, 6.07) is 7.15. The summed E-state index contributed by atoms with van der Waals surface area (Å²) >= 11 is 0. The van der Waals surface area contributed by atoms with Crippen molar-refractivity contribution in [1.82, 2.24) is 14.5 Å². The van der Waals surface area contributed by atoms with Gasteiger partial charge in [0.15, 0.2) is 0 Å². The van der Waals surface area contributed by atoms with Crippen LogP contribution in [-0.4, -0.2) is 63.3 Å². The van der Waals surface area contributed by atoms with Crippen molar-refractivity contribution in [2.24, 2.45) is 17.9 Å². The maximum Gasteiger partial charge on any atom is 0.437 e. The molecular weight excluding hydrogens is 558 g/mol. The van der Waals surface area contributed by atoms with Gasteiger partial charge in [-0.2, -0.15) is 0 Å². The molecule has 0 saturated heterocycles. The van der Waals surface area contributed by atoms with Crippen LogP contribution in [0.15, 0.2) is 35.5 Å². The highest BCUT2D eigenvalue weighted by Crippen LogP contribution is 2.22. The number of amides is 2. The van der Waals surface area contributed by atoms with E-state index in [1.807, 2.05) is 22.9 Å². The number of carbonyl (C=O) groups is 3. The first kappa shape index (κ1) is 35.4. The third kappa shape index (κ3) is 12.5. The van der Waals surface area contributed by atoms with Gasteiger partial charge in [0.2, 0.25) is 11.7 Å². The van der Waals surface area contributed by atoms with Crippen LogP contribution < -0.4 is 21.6 Å². The third-order valence-corrected chi connectivity index (χ3v) is 5.41. The van der Waals surface area contributed by atoms with Gasteiger partial charge in [-0.25, -0.2) is 20.3 Å². The summed E-state index contributed by atoms with van der Waals surface area (Å²) in [5, 5.41) is 2.74. The Morgan fingerprint density at radius 2 is 1.49 bits per heavy atom. The fourth-order valence-electron chi connectivity index (χ4n) is 3.71. The molecule has 0 aliphatic heterocycles. The van der Waals surface area contributed by atoms with Gasteiger partial charge in [0, 0.05) is 26.3 Å². The van der Waals surface area contributed by atoms with Gasteiger partial charge in [-0.15, -0.1) is 4.99 Å². The second-order valence-corrected chi connectivity index (χ2v) is 12.9. The van der Waals surface area contributed by atoms with Gasteiger partial charge in [0.05, 0.1) is 5.69 Å². The summed E-state index contributed by atoms with van der Waals surface area (Å²) in [4.78, 5) is 45.9. The zero-order chi connectivity index (χ0) is 32.6. The minimum atomic E-state index is -1.09. The number of carbonyl (C=O) groups excluding carboxylic acids is 3. The predicted octanol–water partition coefficient (Wildman–Crippen LogP) is 4.22. The van der Waals surface area contributed by atoms with Crippen molar-refractivity contribution in [3.63, 3.8) is 0 Å². The first-order valence-electron chi connectivity index (χ1n) is 14.1. The Morgan fingerprint density at radius 1 is 0.907 bits per heavy atom. The van der Waals surface area contributed by atoms with Gasteiger partial charge in [-0.05, 0) is 98.6 Å². The summed E-state index contributed by atoms with van der Waals surface area (Å²) in [6.07, 6.45) is 0.119. The van der Waals surface area contributed by atoms with E-state index in [4.69, 9.17) is 29.7 Å². The fourth-order valence-corrected chi connectivity index (χ4v) is 3.71. The van der Waals surface area contributed by atoms with E-state index >= 15 is 0 Å². The minimum Gasteiger partial charge on any atom is -0.490 e. The molecule has 1 aromatic heterocycles. The van der Waals surface area contributed by atoms with Crippen LogP contribution in [0.5, 0.6) is 5.75 Å². The number of nitrogens with two attached hydrogens (primary N) is 1. The summed E-state index contributed by atoms with van der Waals surface area (Å²) in [5.74, 6) is 5.15. The monoisotopic (exact) mass is 605 g/mol. The van der Waals surface area contributed by atoms with Crippen LogP contribution >= 0.6 is 0 Å². The summed E-state index contributed by atoms with van der Waals surface area (Å²) in [6.45, 7) is 16.6. The summed E-state index contributed by atoms with van der Waals surface area (Å²) in [5.41, 5.74) is -0.0206. The Bertz CT molecular complexity index is 1310. The number of imidazole rings is 1. The Kier molecular flexibility index (Phi) is 12.0. The second kappa shape index (κ2) is 14.6. The molecule has 0 bridgehead atoms. The number of benzene rings is 1. The maximum absolute atomic E-state index is 12.6. The SMILES string of the molecule is Cn1c(-c2ccc(OC[C@H](ON)C(=O)OC(C)(C)C)cc2)cn(CCCNC(=O)OC(C)(C)C)c1=NC(=O)OC(C)(C)C. The van der Waals surface area contributed by atoms with E-state index in [-0.39, 0.29) is 6.61 Å². The smallest absolute Gasteiger partial charge is 0.437 e. The van der Waals surface area contributed by atoms with Gasteiger partial charge in [-0.3, -0.25) is 4.84 Å². The van der Waals surface area contributed by atoms with Gasteiger partial charge in [0.25, 0.3) is 0 Å². The lowest BCUT2D eigenvalue weighted by molar-refractivity contribution is -0.170. The van der Waals surface area contributed by atoms with Crippen molar-refractivity contribution in [2.45, 2.75) is 98.2 Å². The number of aryl methyl sites for hydroxylation is 1. The lowest BCUT2D eigenvalue weighted by atomic mass is 10.1. The number of rotatable bonds is 10. The van der Waals surface area contributed by atoms with Crippen molar-refractivity contribution in [1.29, 1.82) is 0 Å². The molecule has 0 aliphatic rings. The van der Waals surface area contributed by atoms with Gasteiger partial charge >= 0.3 is 18.2 Å². The lowest BCUT2D eigenvalue weighted by Crippen LogP contribution is -2.38. The zero-order valence-corrected chi connectivity index (χ0v) is 27.0. The summed E-state index contributed by atoms with van der Waals surface area (Å²) in [7, 11) is 1.79. The number of hydrogen-bond donors (Lipinski definition) is 2. The minimum absolute atomic E-state index is 0.134. The maximum atomic E-state index is 12.6. The van der Waals surface area contributed by atoms with Crippen LogP contribution in [0.3, 0.4) is 0 Å². The van der Waals surface area contributed by atoms with Crippen molar-refractivity contribution < 1.29 is 38.2 Å². The number of alkyl carbamates (subject to hydrolysis) is 1. The van der Waals surface area contributed by atoms with Crippen LogP contribution in [0.4, 0.5) is 9.59 Å². The van der Waals surface area contributed by atoms with E-state index in [1.165, 1.54) is 0 Å². The van der Waals surface area contributed by atoms with E-state index in [2.05, 4.69) is 10.3 Å². The molecule has 0 spiro atoms. The number of nitrogens with one attached hydrogen (secondary N) is 1. The molecule has 0 fully saturated rings. The highest BCUT2D eigenvalue weighted by atomic mass is 16.7. The van der Waals surface area contributed by atoms with Crippen molar-refractivity contribution in [2.75, 3.05) is 13.2 Å². The molecule has 2 rings (SSSR count). The third-order valence-electron chi connectivity index (χ3n) is 5.41. The summed E-state index contributed by atoms with van der Waals surface area (Å²) < 4.78 is 25.3. The van der Waals surface area contributed by atoms with E-state index in [0.29, 0.717) is 30.9 Å². The quantitative estimate of drug-likeness (QED) is 0.175. The molecule has 0 unspecified atom stereocenters. The topological polar surface area (TPSA) is 158 Å². The molecule has 0 radical (unpaired) electrons. The number of ether oxygens (including phenoxy) is 4.